The molecule has 1 unspecified atom stereocenters. The first-order chi connectivity index (χ1) is 37.5. The molecule has 0 aliphatic heterocycles. The second-order valence-corrected chi connectivity index (χ2v) is 20.5. The van der Waals surface area contributed by atoms with Crippen molar-refractivity contribution in [2.45, 2.75) is 290 Å². The number of allylic oxidation sites excluding steroid dienone is 20. The van der Waals surface area contributed by atoms with Crippen LogP contribution >= 0.6 is 0 Å². The lowest BCUT2D eigenvalue weighted by atomic mass is 10.1. The standard InChI is InChI=1S/C70H116O6/c1-4-7-10-13-16-19-22-25-28-30-32-33-34-35-36-37-38-40-42-45-48-51-54-57-60-63-69(72)75-66-67(65-74-68(71)62-59-56-53-50-47-44-41-27-24-21-18-15-12-9-6-3)76-70(73)64-61-58-55-52-49-46-43-39-31-29-26-23-20-17-14-11-8-5-2/h7,9-10,12,16,18-19,21,25,27-29,31-33,35-36,41,47,50,67H,4-6,8,11,13-15,17,20,22-24,26,30,34,37-40,42-46,48-49,51-66H2,1-3H3/b10-7-,12-9-,19-16-,21-18-,28-25-,31-29-,33-32-,36-35-,41-27-,50-47-. The summed E-state index contributed by atoms with van der Waals surface area (Å²) in [6.07, 6.45) is 87.7. The summed E-state index contributed by atoms with van der Waals surface area (Å²) < 4.78 is 16.9. The molecule has 0 aliphatic rings. The Hall–Kier alpha value is -4.19. The molecule has 0 spiro atoms. The van der Waals surface area contributed by atoms with Crippen molar-refractivity contribution in [2.24, 2.45) is 0 Å². The van der Waals surface area contributed by atoms with Crippen LogP contribution in [0, 0.1) is 0 Å². The van der Waals surface area contributed by atoms with Crippen molar-refractivity contribution in [1.29, 1.82) is 0 Å². The molecule has 0 aromatic carbocycles. The van der Waals surface area contributed by atoms with E-state index in [1.807, 2.05) is 0 Å². The number of ether oxygens (including phenoxy) is 3. The third-order valence-corrected chi connectivity index (χ3v) is 13.2. The van der Waals surface area contributed by atoms with Crippen LogP contribution < -0.4 is 0 Å². The number of carbonyl (C=O) groups excluding carboxylic acids is 3. The van der Waals surface area contributed by atoms with Crippen molar-refractivity contribution in [3.63, 3.8) is 0 Å². The average molecular weight is 1050 g/mol. The molecule has 0 aromatic rings. The minimum Gasteiger partial charge on any atom is -0.462 e. The van der Waals surface area contributed by atoms with E-state index >= 15 is 0 Å². The van der Waals surface area contributed by atoms with Crippen molar-refractivity contribution < 1.29 is 28.6 Å². The normalized spacial score (nSPS) is 12.9. The molecule has 0 N–H and O–H groups in total. The number of hydrogen-bond donors (Lipinski definition) is 0. The molecule has 0 radical (unpaired) electrons. The Kier molecular flexibility index (Phi) is 59.9. The van der Waals surface area contributed by atoms with Gasteiger partial charge < -0.3 is 14.2 Å². The molecule has 432 valence electrons. The Balaban J connectivity index is 4.41. The third kappa shape index (κ3) is 60.7. The molecular weight excluding hydrogens is 937 g/mol. The largest absolute Gasteiger partial charge is 0.462 e. The molecule has 1 atom stereocenters. The van der Waals surface area contributed by atoms with Crippen molar-refractivity contribution in [1.82, 2.24) is 0 Å². The van der Waals surface area contributed by atoms with E-state index in [1.54, 1.807) is 0 Å². The summed E-state index contributed by atoms with van der Waals surface area (Å²) in [4.78, 5) is 38.3. The maximum absolute atomic E-state index is 12.9. The van der Waals surface area contributed by atoms with Crippen molar-refractivity contribution in [3.05, 3.63) is 122 Å². The molecule has 0 bridgehead atoms. The molecule has 0 aliphatic carbocycles. The summed E-state index contributed by atoms with van der Waals surface area (Å²) in [6.45, 7) is 6.38. The summed E-state index contributed by atoms with van der Waals surface area (Å²) >= 11 is 0. The fourth-order valence-corrected chi connectivity index (χ4v) is 8.51. The quantitative estimate of drug-likeness (QED) is 0.0261. The van der Waals surface area contributed by atoms with E-state index in [-0.39, 0.29) is 31.1 Å². The molecule has 0 fully saturated rings. The molecule has 0 aromatic heterocycles. The number of unbranched alkanes of at least 4 members (excludes halogenated alkanes) is 25. The van der Waals surface area contributed by atoms with Crippen LogP contribution in [0.2, 0.25) is 0 Å². The molecule has 0 amide bonds. The first-order valence-electron chi connectivity index (χ1n) is 31.5. The highest BCUT2D eigenvalue weighted by Gasteiger charge is 2.19. The monoisotopic (exact) mass is 1050 g/mol. The van der Waals surface area contributed by atoms with Crippen molar-refractivity contribution in [2.75, 3.05) is 13.2 Å². The smallest absolute Gasteiger partial charge is 0.306 e. The number of rotatable bonds is 56. The van der Waals surface area contributed by atoms with Gasteiger partial charge in [0, 0.05) is 19.3 Å². The Morgan fingerprint density at radius 1 is 0.276 bits per heavy atom. The second-order valence-electron chi connectivity index (χ2n) is 20.5. The van der Waals surface area contributed by atoms with Crippen LogP contribution in [-0.4, -0.2) is 37.2 Å². The van der Waals surface area contributed by atoms with Gasteiger partial charge in [0.15, 0.2) is 6.10 Å². The van der Waals surface area contributed by atoms with Crippen LogP contribution in [0.1, 0.15) is 284 Å². The van der Waals surface area contributed by atoms with Gasteiger partial charge in [0.1, 0.15) is 13.2 Å². The first-order valence-corrected chi connectivity index (χ1v) is 31.5. The zero-order valence-electron chi connectivity index (χ0n) is 49.5. The molecule has 0 rings (SSSR count). The minimum atomic E-state index is -0.804. The maximum atomic E-state index is 12.9. The fourth-order valence-electron chi connectivity index (χ4n) is 8.51. The zero-order valence-corrected chi connectivity index (χ0v) is 49.5. The lowest BCUT2D eigenvalue weighted by Crippen LogP contribution is -2.30. The Morgan fingerprint density at radius 3 is 0.842 bits per heavy atom. The number of carbonyl (C=O) groups is 3. The van der Waals surface area contributed by atoms with Crippen molar-refractivity contribution >= 4 is 17.9 Å². The van der Waals surface area contributed by atoms with Gasteiger partial charge in [-0.15, -0.1) is 0 Å². The van der Waals surface area contributed by atoms with Gasteiger partial charge in [0.25, 0.3) is 0 Å². The predicted octanol–water partition coefficient (Wildman–Crippen LogP) is 21.6. The second kappa shape index (κ2) is 63.3. The lowest BCUT2D eigenvalue weighted by molar-refractivity contribution is -0.167. The van der Waals surface area contributed by atoms with Gasteiger partial charge in [-0.2, -0.15) is 0 Å². The van der Waals surface area contributed by atoms with Gasteiger partial charge in [-0.1, -0.05) is 258 Å². The fraction of sp³-hybridized carbons (Fsp3) is 0.671. The zero-order chi connectivity index (χ0) is 55.0. The van der Waals surface area contributed by atoms with E-state index in [0.717, 1.165) is 122 Å². The van der Waals surface area contributed by atoms with Crippen molar-refractivity contribution in [3.8, 4) is 0 Å². The summed E-state index contributed by atoms with van der Waals surface area (Å²) in [5.74, 6) is -0.947. The maximum Gasteiger partial charge on any atom is 0.306 e. The predicted molar refractivity (Wildman–Crippen MR) is 330 cm³/mol. The van der Waals surface area contributed by atoms with E-state index in [0.29, 0.717) is 19.3 Å². The third-order valence-electron chi connectivity index (χ3n) is 13.2. The average Bonchev–Trinajstić information content (AvgIpc) is 3.42. The summed E-state index contributed by atoms with van der Waals surface area (Å²) in [5.41, 5.74) is 0. The van der Waals surface area contributed by atoms with Crippen LogP contribution in [0.15, 0.2) is 122 Å². The van der Waals surface area contributed by atoms with E-state index < -0.39 is 6.10 Å². The molecule has 0 saturated carbocycles. The Labute approximate surface area is 469 Å². The SMILES string of the molecule is CC/C=C\C/C=C\C/C=C\C/C=C\C/C=C\CCCCCCCCCCCC(=O)OCC(COC(=O)CCCC/C=C\C/C=C\C/C=C\C/C=C\CC)OC(=O)CCCCCCCCC/C=C\CCCCCCCCC. The van der Waals surface area contributed by atoms with Gasteiger partial charge in [-0.25, -0.2) is 0 Å². The lowest BCUT2D eigenvalue weighted by Gasteiger charge is -2.18. The van der Waals surface area contributed by atoms with E-state index in [4.69, 9.17) is 14.2 Å². The topological polar surface area (TPSA) is 78.9 Å². The highest BCUT2D eigenvalue weighted by Crippen LogP contribution is 2.15. The van der Waals surface area contributed by atoms with Crippen LogP contribution in [0.5, 0.6) is 0 Å². The number of hydrogen-bond acceptors (Lipinski definition) is 6. The summed E-state index contributed by atoms with van der Waals surface area (Å²) in [6, 6.07) is 0. The molecule has 0 saturated heterocycles. The van der Waals surface area contributed by atoms with Gasteiger partial charge in [-0.3, -0.25) is 14.4 Å². The van der Waals surface area contributed by atoms with Gasteiger partial charge in [-0.05, 0) is 128 Å². The molecule has 6 nitrogen and oxygen atoms in total. The minimum absolute atomic E-state index is 0.0981. The van der Waals surface area contributed by atoms with E-state index in [2.05, 4.69) is 142 Å². The molecule has 76 heavy (non-hydrogen) atoms. The van der Waals surface area contributed by atoms with E-state index in [1.165, 1.54) is 122 Å². The first kappa shape index (κ1) is 71.8. The van der Waals surface area contributed by atoms with Gasteiger partial charge in [0.2, 0.25) is 0 Å². The van der Waals surface area contributed by atoms with Gasteiger partial charge in [0.05, 0.1) is 0 Å². The van der Waals surface area contributed by atoms with Crippen LogP contribution in [0.25, 0.3) is 0 Å². The Bertz CT molecular complexity index is 1590. The highest BCUT2D eigenvalue weighted by molar-refractivity contribution is 5.71. The number of esters is 3. The molecular formula is C70H116O6. The van der Waals surface area contributed by atoms with Crippen LogP contribution in [0.4, 0.5) is 0 Å². The summed E-state index contributed by atoms with van der Waals surface area (Å²) in [7, 11) is 0. The van der Waals surface area contributed by atoms with Crippen LogP contribution in [-0.2, 0) is 28.6 Å². The molecule has 0 heterocycles. The van der Waals surface area contributed by atoms with Gasteiger partial charge >= 0.3 is 17.9 Å². The summed E-state index contributed by atoms with van der Waals surface area (Å²) in [5, 5.41) is 0. The Morgan fingerprint density at radius 2 is 0.513 bits per heavy atom. The van der Waals surface area contributed by atoms with Crippen LogP contribution in [0.3, 0.4) is 0 Å². The van der Waals surface area contributed by atoms with E-state index in [9.17, 15) is 14.4 Å². The highest BCUT2D eigenvalue weighted by atomic mass is 16.6. The molecule has 6 heteroatoms.